The fourth-order valence-corrected chi connectivity index (χ4v) is 7.66. The van der Waals surface area contributed by atoms with Crippen LogP contribution in [0.4, 0.5) is 5.69 Å². The summed E-state index contributed by atoms with van der Waals surface area (Å²) in [7, 11) is -3.81. The molecule has 3 heterocycles. The van der Waals surface area contributed by atoms with E-state index in [1.54, 1.807) is 42.7 Å². The molecule has 2 aromatic carbocycles. The fraction of sp³-hybridized carbons (Fsp3) is 0.429. The number of ether oxygens (including phenoxy) is 1. The predicted octanol–water partition coefficient (Wildman–Crippen LogP) is 6.10. The van der Waals surface area contributed by atoms with Crippen molar-refractivity contribution < 1.29 is 19.4 Å². The van der Waals surface area contributed by atoms with Gasteiger partial charge in [0.1, 0.15) is 16.7 Å². The van der Waals surface area contributed by atoms with Crippen molar-refractivity contribution in [2.75, 3.05) is 18.4 Å². The monoisotopic (exact) mass is 648 g/mol. The minimum absolute atomic E-state index is 0. The second-order valence-electron chi connectivity index (χ2n) is 12.7. The molecule has 46 heavy (non-hydrogen) atoms. The van der Waals surface area contributed by atoms with Gasteiger partial charge < -0.3 is 15.5 Å². The van der Waals surface area contributed by atoms with Gasteiger partial charge in [0.2, 0.25) is 15.9 Å². The molecule has 0 saturated heterocycles. The van der Waals surface area contributed by atoms with Gasteiger partial charge in [-0.25, -0.2) is 8.42 Å². The molecule has 3 aromatic rings. The molecule has 0 bridgehead atoms. The molecule has 0 radical (unpaired) electrons. The lowest BCUT2D eigenvalue weighted by Gasteiger charge is -2.34. The zero-order valence-electron chi connectivity index (χ0n) is 27.4. The largest absolute Gasteiger partial charge is 0.488 e. The first-order chi connectivity index (χ1) is 22.0. The summed E-state index contributed by atoms with van der Waals surface area (Å²) in [6.45, 7) is 11.4. The van der Waals surface area contributed by atoms with Crippen molar-refractivity contribution in [2.24, 2.45) is 5.41 Å². The zero-order chi connectivity index (χ0) is 32.9. The van der Waals surface area contributed by atoms with E-state index < -0.39 is 15.4 Å². The number of hydrogen-bond donors (Lipinski definition) is 3. The zero-order valence-corrected chi connectivity index (χ0v) is 28.2. The molecule has 11 heteroatoms. The van der Waals surface area contributed by atoms with Crippen molar-refractivity contribution in [3.05, 3.63) is 95.6 Å². The normalized spacial score (nSPS) is 18.5. The van der Waals surface area contributed by atoms with Crippen LogP contribution in [0.25, 0.3) is 0 Å². The second-order valence-corrected chi connectivity index (χ2v) is 14.6. The van der Waals surface area contributed by atoms with Gasteiger partial charge in [0.05, 0.1) is 23.8 Å². The molecule has 2 aliphatic heterocycles. The van der Waals surface area contributed by atoms with E-state index in [4.69, 9.17) is 4.74 Å². The maximum atomic E-state index is 13.9. The molecular weight excluding hydrogens is 600 g/mol. The summed E-state index contributed by atoms with van der Waals surface area (Å²) in [5, 5.41) is 5.09. The average Bonchev–Trinajstić information content (AvgIpc) is 3.45. The maximum Gasteiger partial charge on any atom is 0.247 e. The SMILES string of the molecule is CCCN1C=C(CC[C@H](c2ccc(C)c(CN3C[C@@H](CC)Oc4ccccc4S3(=O)=O)c2)C(C)(C)C(=O)Nc2cccnc2)NN1.[HH]. The molecular formula is C35H48N6O4S. The Morgan fingerprint density at radius 2 is 1.98 bits per heavy atom. The average molecular weight is 649 g/mol. The van der Waals surface area contributed by atoms with Crippen LogP contribution < -0.4 is 21.0 Å². The molecule has 10 nitrogen and oxygen atoms in total. The molecule has 1 amide bonds. The number of nitrogens with one attached hydrogen (secondary N) is 3. The van der Waals surface area contributed by atoms with Crippen LogP contribution in [0.15, 0.2) is 83.8 Å². The molecule has 0 aliphatic carbocycles. The number of aromatic nitrogens is 1. The van der Waals surface area contributed by atoms with E-state index in [-0.39, 0.29) is 37.3 Å². The fourth-order valence-electron chi connectivity index (χ4n) is 6.09. The highest BCUT2D eigenvalue weighted by atomic mass is 32.2. The first kappa shape index (κ1) is 33.4. The minimum Gasteiger partial charge on any atom is -0.488 e. The third kappa shape index (κ3) is 7.37. The van der Waals surface area contributed by atoms with Gasteiger partial charge in [-0.15, -0.1) is 5.53 Å². The molecule has 3 N–H and O–H groups in total. The number of rotatable bonds is 12. The lowest BCUT2D eigenvalue weighted by atomic mass is 9.71. The Morgan fingerprint density at radius 1 is 1.17 bits per heavy atom. The molecule has 0 spiro atoms. The number of nitrogens with zero attached hydrogens (tertiary/aromatic N) is 3. The molecule has 248 valence electrons. The van der Waals surface area contributed by atoms with E-state index in [2.05, 4.69) is 46.5 Å². The summed E-state index contributed by atoms with van der Waals surface area (Å²) in [6, 6.07) is 16.7. The third-order valence-corrected chi connectivity index (χ3v) is 10.8. The Morgan fingerprint density at radius 3 is 2.72 bits per heavy atom. The van der Waals surface area contributed by atoms with E-state index in [9.17, 15) is 13.2 Å². The molecule has 2 aliphatic rings. The first-order valence-corrected chi connectivity index (χ1v) is 17.5. The maximum absolute atomic E-state index is 13.9. The van der Waals surface area contributed by atoms with Gasteiger partial charge in [-0.1, -0.05) is 58.0 Å². The lowest BCUT2D eigenvalue weighted by molar-refractivity contribution is -0.125. The van der Waals surface area contributed by atoms with Gasteiger partial charge in [0, 0.05) is 32.6 Å². The Hall–Kier alpha value is -3.93. The van der Waals surface area contributed by atoms with Crippen molar-refractivity contribution in [1.82, 2.24) is 25.3 Å². The van der Waals surface area contributed by atoms with Crippen LogP contribution in [0.1, 0.15) is 77.4 Å². The van der Waals surface area contributed by atoms with E-state index in [0.29, 0.717) is 24.3 Å². The van der Waals surface area contributed by atoms with Crippen molar-refractivity contribution >= 4 is 21.6 Å². The van der Waals surface area contributed by atoms with Crippen molar-refractivity contribution in [3.8, 4) is 5.75 Å². The Bertz CT molecular complexity index is 1670. The number of hydrazine groups is 2. The molecule has 1 aromatic heterocycles. The summed E-state index contributed by atoms with van der Waals surface area (Å²) in [6.07, 6.45) is 8.23. The summed E-state index contributed by atoms with van der Waals surface area (Å²) < 4.78 is 35.5. The summed E-state index contributed by atoms with van der Waals surface area (Å²) in [4.78, 5) is 18.2. The van der Waals surface area contributed by atoms with Gasteiger partial charge in [0.25, 0.3) is 0 Å². The number of sulfonamides is 1. The molecule has 0 fully saturated rings. The van der Waals surface area contributed by atoms with Crippen LogP contribution in [0.3, 0.4) is 0 Å². The Labute approximate surface area is 274 Å². The molecule has 0 saturated carbocycles. The van der Waals surface area contributed by atoms with Crippen LogP contribution in [0.5, 0.6) is 5.75 Å². The molecule has 2 atom stereocenters. The quantitative estimate of drug-likeness (QED) is 0.216. The van der Waals surface area contributed by atoms with E-state index in [1.165, 1.54) is 4.31 Å². The predicted molar refractivity (Wildman–Crippen MR) is 182 cm³/mol. The van der Waals surface area contributed by atoms with Gasteiger partial charge in [-0.3, -0.25) is 14.8 Å². The number of carbonyl (C=O) groups is 1. The highest BCUT2D eigenvalue weighted by molar-refractivity contribution is 7.89. The molecule has 5 rings (SSSR count). The van der Waals surface area contributed by atoms with E-state index >= 15 is 0 Å². The van der Waals surface area contributed by atoms with Crippen LogP contribution in [0.2, 0.25) is 0 Å². The van der Waals surface area contributed by atoms with E-state index in [1.807, 2.05) is 44.8 Å². The van der Waals surface area contributed by atoms with Gasteiger partial charge >= 0.3 is 0 Å². The number of para-hydroxylation sites is 1. The number of amides is 1. The van der Waals surface area contributed by atoms with Crippen molar-refractivity contribution in [2.45, 2.75) is 83.8 Å². The van der Waals surface area contributed by atoms with Crippen molar-refractivity contribution in [3.63, 3.8) is 0 Å². The van der Waals surface area contributed by atoms with Gasteiger partial charge in [0.15, 0.2) is 0 Å². The van der Waals surface area contributed by atoms with Crippen LogP contribution in [0, 0.1) is 12.3 Å². The van der Waals surface area contributed by atoms with Crippen LogP contribution >= 0.6 is 0 Å². The summed E-state index contributed by atoms with van der Waals surface area (Å²) in [5.74, 6) is 0.103. The topological polar surface area (TPSA) is 116 Å². The second kappa shape index (κ2) is 14.2. The van der Waals surface area contributed by atoms with E-state index in [0.717, 1.165) is 41.8 Å². The highest BCUT2D eigenvalue weighted by Crippen LogP contribution is 2.42. The van der Waals surface area contributed by atoms with Gasteiger partial charge in [-0.2, -0.15) is 4.31 Å². The number of anilines is 1. The number of allylic oxidation sites excluding steroid dienone is 1. The lowest BCUT2D eigenvalue weighted by Crippen LogP contribution is -2.38. The summed E-state index contributed by atoms with van der Waals surface area (Å²) >= 11 is 0. The Kier molecular flexibility index (Phi) is 10.3. The number of pyridine rings is 1. The number of aryl methyl sites for hydroxylation is 1. The number of hydrogen-bond acceptors (Lipinski definition) is 8. The van der Waals surface area contributed by atoms with Gasteiger partial charge in [-0.05, 0) is 79.5 Å². The Balaban J connectivity index is 0.00000500. The van der Waals surface area contributed by atoms with Crippen LogP contribution in [-0.4, -0.2) is 47.8 Å². The van der Waals surface area contributed by atoms with Crippen LogP contribution in [-0.2, 0) is 21.4 Å². The number of benzene rings is 2. The first-order valence-electron chi connectivity index (χ1n) is 16.1. The standard InChI is InChI=1S/C35H46N6O4S.H2/c1-6-19-40-23-29(38-39-40)16-17-31(35(4,5)34(42)37-28-11-10-18-36-21-28)26-15-14-25(3)27(20-26)22-41-24-30(7-2)45-32-12-8-9-13-33(32)46(41,43)44;/h8-15,18,20-21,23,30-31,38-39H,6-7,16-17,19,22,24H2,1-5H3,(H,37,42);1H/t30-,31-;/m1./s1. The minimum atomic E-state index is -3.81. The smallest absolute Gasteiger partial charge is 0.247 e. The summed E-state index contributed by atoms with van der Waals surface area (Å²) in [5.41, 5.74) is 10.2. The van der Waals surface area contributed by atoms with Crippen molar-refractivity contribution in [1.29, 1.82) is 0 Å². The number of carbonyl (C=O) groups excluding carboxylic acids is 1. The molecule has 0 unspecified atom stereocenters. The number of fused-ring (bicyclic) bond motifs is 1. The highest BCUT2D eigenvalue weighted by Gasteiger charge is 2.39. The third-order valence-electron chi connectivity index (χ3n) is 8.96.